The molecule has 0 atom stereocenters. The lowest BCUT2D eigenvalue weighted by molar-refractivity contribution is -0.141. The van der Waals surface area contributed by atoms with Crippen LogP contribution in [0, 0.1) is 11.6 Å². The molecule has 1 heterocycles. The van der Waals surface area contributed by atoms with Crippen LogP contribution in [0.15, 0.2) is 18.2 Å². The summed E-state index contributed by atoms with van der Waals surface area (Å²) in [6.07, 6.45) is -4.65. The standard InChI is InChI=1S/C11H7F5N2S/c12-5-1-2-6(7(13)3-5)10-18-9(11(14,15)16)8(4-17)19-10/h1-3H,4,17H2. The Morgan fingerprint density at radius 1 is 1.21 bits per heavy atom. The molecule has 8 heteroatoms. The molecule has 2 rings (SSSR count). The van der Waals surface area contributed by atoms with Crippen molar-refractivity contribution in [3.05, 3.63) is 40.4 Å². The molecule has 0 aliphatic heterocycles. The molecular weight excluding hydrogens is 287 g/mol. The maximum absolute atomic E-state index is 13.5. The summed E-state index contributed by atoms with van der Waals surface area (Å²) in [5, 5.41) is -0.176. The minimum Gasteiger partial charge on any atom is -0.326 e. The SMILES string of the molecule is NCc1sc(-c2ccc(F)cc2F)nc1C(F)(F)F. The van der Waals surface area contributed by atoms with E-state index in [-0.39, 0.29) is 22.0 Å². The van der Waals surface area contributed by atoms with E-state index in [1.165, 1.54) is 0 Å². The Morgan fingerprint density at radius 3 is 2.37 bits per heavy atom. The zero-order valence-electron chi connectivity index (χ0n) is 9.26. The van der Waals surface area contributed by atoms with Gasteiger partial charge in [0.2, 0.25) is 0 Å². The summed E-state index contributed by atoms with van der Waals surface area (Å²) in [4.78, 5) is 3.18. The molecule has 0 amide bonds. The number of nitrogens with two attached hydrogens (primary N) is 1. The third-order valence-electron chi connectivity index (χ3n) is 2.31. The van der Waals surface area contributed by atoms with Gasteiger partial charge in [0.05, 0.1) is 4.88 Å². The van der Waals surface area contributed by atoms with Crippen molar-refractivity contribution < 1.29 is 22.0 Å². The molecule has 1 aromatic carbocycles. The normalized spacial score (nSPS) is 11.9. The smallest absolute Gasteiger partial charge is 0.326 e. The molecular formula is C11H7F5N2S. The van der Waals surface area contributed by atoms with Crippen LogP contribution in [0.5, 0.6) is 0 Å². The highest BCUT2D eigenvalue weighted by Crippen LogP contribution is 2.38. The molecule has 2 N–H and O–H groups in total. The van der Waals surface area contributed by atoms with E-state index in [0.29, 0.717) is 17.4 Å². The Morgan fingerprint density at radius 2 is 1.89 bits per heavy atom. The van der Waals surface area contributed by atoms with E-state index in [1.807, 2.05) is 0 Å². The highest BCUT2D eigenvalue weighted by atomic mass is 32.1. The number of alkyl halides is 3. The van der Waals surface area contributed by atoms with E-state index in [0.717, 1.165) is 12.1 Å². The van der Waals surface area contributed by atoms with Crippen LogP contribution in [0.1, 0.15) is 10.6 Å². The second kappa shape index (κ2) is 4.86. The van der Waals surface area contributed by atoms with Crippen LogP contribution in [0.4, 0.5) is 22.0 Å². The minimum atomic E-state index is -4.65. The van der Waals surface area contributed by atoms with Gasteiger partial charge in [-0.1, -0.05) is 0 Å². The van der Waals surface area contributed by atoms with Crippen molar-refractivity contribution >= 4 is 11.3 Å². The maximum Gasteiger partial charge on any atom is 0.434 e. The van der Waals surface area contributed by atoms with E-state index < -0.39 is 23.5 Å². The molecule has 0 aliphatic carbocycles. The van der Waals surface area contributed by atoms with Crippen LogP contribution in [-0.2, 0) is 12.7 Å². The number of hydrogen-bond donors (Lipinski definition) is 1. The molecule has 0 unspecified atom stereocenters. The first-order chi connectivity index (χ1) is 8.82. The largest absolute Gasteiger partial charge is 0.434 e. The highest BCUT2D eigenvalue weighted by molar-refractivity contribution is 7.15. The van der Waals surface area contributed by atoms with Crippen molar-refractivity contribution in [2.24, 2.45) is 5.73 Å². The van der Waals surface area contributed by atoms with Crippen LogP contribution < -0.4 is 5.73 Å². The van der Waals surface area contributed by atoms with Gasteiger partial charge >= 0.3 is 6.18 Å². The number of aromatic nitrogens is 1. The van der Waals surface area contributed by atoms with Gasteiger partial charge in [0.25, 0.3) is 0 Å². The molecule has 0 fully saturated rings. The van der Waals surface area contributed by atoms with Crippen LogP contribution in [0.25, 0.3) is 10.6 Å². The Balaban J connectivity index is 2.55. The van der Waals surface area contributed by atoms with Crippen LogP contribution in [0.2, 0.25) is 0 Å². The van der Waals surface area contributed by atoms with Crippen molar-refractivity contribution in [1.29, 1.82) is 0 Å². The fraction of sp³-hybridized carbons (Fsp3) is 0.182. The Kier molecular flexibility index (Phi) is 3.55. The quantitative estimate of drug-likeness (QED) is 0.860. The molecule has 102 valence electrons. The second-order valence-electron chi connectivity index (χ2n) is 3.62. The summed E-state index contributed by atoms with van der Waals surface area (Å²) >= 11 is 0.641. The Hall–Kier alpha value is -1.54. The van der Waals surface area contributed by atoms with Crippen molar-refractivity contribution in [3.8, 4) is 10.6 Å². The molecule has 19 heavy (non-hydrogen) atoms. The monoisotopic (exact) mass is 294 g/mol. The second-order valence-corrected chi connectivity index (χ2v) is 4.70. The molecule has 0 bridgehead atoms. The van der Waals surface area contributed by atoms with Crippen LogP contribution in [0.3, 0.4) is 0 Å². The summed E-state index contributed by atoms with van der Waals surface area (Å²) < 4.78 is 64.2. The zero-order valence-corrected chi connectivity index (χ0v) is 10.1. The molecule has 0 radical (unpaired) electrons. The minimum absolute atomic E-state index is 0.176. The first-order valence-electron chi connectivity index (χ1n) is 5.05. The van der Waals surface area contributed by atoms with E-state index in [9.17, 15) is 22.0 Å². The molecule has 1 aromatic heterocycles. The van der Waals surface area contributed by atoms with Gasteiger partial charge in [0.15, 0.2) is 5.69 Å². The molecule has 0 aliphatic rings. The van der Waals surface area contributed by atoms with Gasteiger partial charge in [-0.2, -0.15) is 13.2 Å². The van der Waals surface area contributed by atoms with E-state index in [1.54, 1.807) is 0 Å². The fourth-order valence-electron chi connectivity index (χ4n) is 1.49. The highest BCUT2D eigenvalue weighted by Gasteiger charge is 2.37. The van der Waals surface area contributed by atoms with Gasteiger partial charge in [-0.25, -0.2) is 13.8 Å². The van der Waals surface area contributed by atoms with Gasteiger partial charge in [-0.3, -0.25) is 0 Å². The summed E-state index contributed by atoms with van der Waals surface area (Å²) in [5.41, 5.74) is 3.91. The molecule has 2 aromatic rings. The average Bonchev–Trinajstić information content (AvgIpc) is 2.72. The number of hydrogen-bond acceptors (Lipinski definition) is 3. The van der Waals surface area contributed by atoms with E-state index >= 15 is 0 Å². The Labute approximate surface area is 108 Å². The third kappa shape index (κ3) is 2.74. The Bertz CT molecular complexity index is 606. The number of rotatable bonds is 2. The summed E-state index contributed by atoms with van der Waals surface area (Å²) in [5.74, 6) is -1.78. The lowest BCUT2D eigenvalue weighted by Gasteiger charge is -2.03. The van der Waals surface area contributed by atoms with Crippen molar-refractivity contribution in [2.75, 3.05) is 0 Å². The zero-order chi connectivity index (χ0) is 14.2. The van der Waals surface area contributed by atoms with Crippen LogP contribution in [-0.4, -0.2) is 4.98 Å². The third-order valence-corrected chi connectivity index (χ3v) is 3.42. The first kappa shape index (κ1) is 13.9. The van der Waals surface area contributed by atoms with Gasteiger partial charge in [0.1, 0.15) is 16.6 Å². The predicted octanol–water partition coefficient (Wildman–Crippen LogP) is 3.57. The van der Waals surface area contributed by atoms with Gasteiger partial charge < -0.3 is 5.73 Å². The van der Waals surface area contributed by atoms with Gasteiger partial charge in [0, 0.05) is 18.2 Å². The maximum atomic E-state index is 13.5. The van der Waals surface area contributed by atoms with E-state index in [4.69, 9.17) is 5.73 Å². The van der Waals surface area contributed by atoms with Gasteiger partial charge in [-0.05, 0) is 12.1 Å². The predicted molar refractivity (Wildman–Crippen MR) is 60.4 cm³/mol. The fourth-order valence-corrected chi connectivity index (χ4v) is 2.48. The first-order valence-corrected chi connectivity index (χ1v) is 5.87. The summed E-state index contributed by atoms with van der Waals surface area (Å²) in [6.45, 7) is -0.352. The van der Waals surface area contributed by atoms with Crippen molar-refractivity contribution in [2.45, 2.75) is 12.7 Å². The lowest BCUT2D eigenvalue weighted by Crippen LogP contribution is -2.10. The van der Waals surface area contributed by atoms with Gasteiger partial charge in [-0.15, -0.1) is 11.3 Å². The van der Waals surface area contributed by atoms with Crippen LogP contribution >= 0.6 is 11.3 Å². The number of benzene rings is 1. The average molecular weight is 294 g/mol. The number of nitrogens with zero attached hydrogens (tertiary/aromatic N) is 1. The van der Waals surface area contributed by atoms with Crippen molar-refractivity contribution in [3.63, 3.8) is 0 Å². The summed E-state index contributed by atoms with van der Waals surface area (Å²) in [7, 11) is 0. The summed E-state index contributed by atoms with van der Waals surface area (Å²) in [6, 6.07) is 2.59. The number of halogens is 5. The molecule has 0 saturated carbocycles. The molecule has 2 nitrogen and oxygen atoms in total. The molecule has 0 spiro atoms. The topological polar surface area (TPSA) is 38.9 Å². The number of thiazole rings is 1. The lowest BCUT2D eigenvalue weighted by atomic mass is 10.2. The molecule has 0 saturated heterocycles. The van der Waals surface area contributed by atoms with Crippen molar-refractivity contribution in [1.82, 2.24) is 4.98 Å². The van der Waals surface area contributed by atoms with E-state index in [2.05, 4.69) is 4.98 Å².